The topological polar surface area (TPSA) is 86.5 Å². The van der Waals surface area contributed by atoms with Gasteiger partial charge in [0.15, 0.2) is 0 Å². The van der Waals surface area contributed by atoms with Crippen LogP contribution in [0.3, 0.4) is 0 Å². The van der Waals surface area contributed by atoms with E-state index in [-0.39, 0.29) is 28.7 Å². The van der Waals surface area contributed by atoms with Crippen molar-refractivity contribution in [1.82, 2.24) is 4.98 Å². The van der Waals surface area contributed by atoms with Crippen LogP contribution in [0, 0.1) is 10.1 Å². The maximum atomic E-state index is 10.9. The molecule has 0 unspecified atom stereocenters. The average molecular weight is 302 g/mol. The van der Waals surface area contributed by atoms with Crippen molar-refractivity contribution < 1.29 is 14.4 Å². The molecule has 2 atom stereocenters. The average Bonchev–Trinajstić information content (AvgIpc) is 2.91. The van der Waals surface area contributed by atoms with E-state index in [4.69, 9.17) is 21.1 Å². The summed E-state index contributed by atoms with van der Waals surface area (Å²) in [5.41, 5.74) is -0.145. The summed E-state index contributed by atoms with van der Waals surface area (Å²) in [7, 11) is 0. The largest absolute Gasteiger partial charge is 0.379 e. The van der Waals surface area contributed by atoms with Gasteiger partial charge in [-0.2, -0.15) is 0 Å². The summed E-state index contributed by atoms with van der Waals surface area (Å²) in [5, 5.41) is 14.1. The molecular weight excluding hydrogens is 286 g/mol. The van der Waals surface area contributed by atoms with Gasteiger partial charge in [-0.25, -0.2) is 4.98 Å². The van der Waals surface area contributed by atoms with Gasteiger partial charge < -0.3 is 14.8 Å². The van der Waals surface area contributed by atoms with Crippen molar-refractivity contribution in [3.63, 3.8) is 0 Å². The number of nitrogens with zero attached hydrogens (tertiary/aromatic N) is 2. The second-order valence-corrected chi connectivity index (χ2v) is 5.08. The normalized spacial score (nSPS) is 19.8. The minimum absolute atomic E-state index is 0.104. The fourth-order valence-electron chi connectivity index (χ4n) is 1.88. The third-order valence-corrected chi connectivity index (χ3v) is 3.09. The van der Waals surface area contributed by atoms with Gasteiger partial charge in [0.2, 0.25) is 5.82 Å². The van der Waals surface area contributed by atoms with Gasteiger partial charge in [0.1, 0.15) is 0 Å². The van der Waals surface area contributed by atoms with Crippen LogP contribution in [-0.2, 0) is 9.47 Å². The monoisotopic (exact) mass is 301 g/mol. The van der Waals surface area contributed by atoms with Gasteiger partial charge >= 0.3 is 5.69 Å². The summed E-state index contributed by atoms with van der Waals surface area (Å²) in [5.74, 6) is 0.193. The smallest absolute Gasteiger partial charge is 0.312 e. The fraction of sp³-hybridized carbons (Fsp3) is 0.583. The quantitative estimate of drug-likeness (QED) is 0.640. The van der Waals surface area contributed by atoms with Crippen molar-refractivity contribution in [2.75, 3.05) is 25.1 Å². The van der Waals surface area contributed by atoms with Gasteiger partial charge in [0.25, 0.3) is 0 Å². The van der Waals surface area contributed by atoms with Gasteiger partial charge in [0, 0.05) is 24.9 Å². The molecule has 8 heteroatoms. The molecular formula is C12H16ClN3O4. The van der Waals surface area contributed by atoms with Crippen LogP contribution in [0.1, 0.15) is 13.3 Å². The molecule has 1 fully saturated rings. The number of hydrogen-bond donors (Lipinski definition) is 1. The molecule has 2 rings (SSSR count). The number of rotatable bonds is 6. The molecule has 1 aliphatic rings. The number of pyridine rings is 1. The highest BCUT2D eigenvalue weighted by atomic mass is 35.5. The van der Waals surface area contributed by atoms with E-state index in [1.165, 1.54) is 12.3 Å². The first kappa shape index (κ1) is 15.0. The molecule has 1 aliphatic heterocycles. The Labute approximate surface area is 121 Å². The molecule has 0 saturated carbocycles. The lowest BCUT2D eigenvalue weighted by Crippen LogP contribution is -2.26. The van der Waals surface area contributed by atoms with Crippen LogP contribution >= 0.6 is 11.6 Å². The van der Waals surface area contributed by atoms with Crippen molar-refractivity contribution >= 4 is 23.1 Å². The Morgan fingerprint density at radius 3 is 3.20 bits per heavy atom. The first-order valence-corrected chi connectivity index (χ1v) is 6.70. The summed E-state index contributed by atoms with van der Waals surface area (Å²) in [6.45, 7) is 3.62. The zero-order valence-electron chi connectivity index (χ0n) is 11.0. The molecule has 1 saturated heterocycles. The van der Waals surface area contributed by atoms with E-state index in [0.717, 1.165) is 13.0 Å². The molecule has 2 heterocycles. The van der Waals surface area contributed by atoms with Crippen LogP contribution in [0.15, 0.2) is 12.3 Å². The highest BCUT2D eigenvalue weighted by Crippen LogP contribution is 2.25. The lowest BCUT2D eigenvalue weighted by atomic mass is 10.3. The first-order chi connectivity index (χ1) is 9.56. The summed E-state index contributed by atoms with van der Waals surface area (Å²) in [4.78, 5) is 14.4. The highest BCUT2D eigenvalue weighted by molar-refractivity contribution is 6.30. The lowest BCUT2D eigenvalue weighted by molar-refractivity contribution is -0.384. The molecule has 7 nitrogen and oxygen atoms in total. The Morgan fingerprint density at radius 1 is 1.75 bits per heavy atom. The molecule has 110 valence electrons. The minimum atomic E-state index is -0.514. The number of hydrogen-bond acceptors (Lipinski definition) is 6. The van der Waals surface area contributed by atoms with E-state index in [9.17, 15) is 10.1 Å². The molecule has 0 radical (unpaired) electrons. The van der Waals surface area contributed by atoms with Crippen LogP contribution in [0.2, 0.25) is 5.02 Å². The molecule has 0 aromatic carbocycles. The minimum Gasteiger partial charge on any atom is -0.379 e. The van der Waals surface area contributed by atoms with Gasteiger partial charge in [-0.05, 0) is 13.3 Å². The zero-order chi connectivity index (χ0) is 14.5. The van der Waals surface area contributed by atoms with Gasteiger partial charge in [-0.15, -0.1) is 0 Å². The molecule has 0 amide bonds. The van der Waals surface area contributed by atoms with E-state index >= 15 is 0 Å². The van der Waals surface area contributed by atoms with Gasteiger partial charge in [0.05, 0.1) is 29.3 Å². The van der Waals surface area contributed by atoms with Crippen LogP contribution < -0.4 is 5.32 Å². The van der Waals surface area contributed by atoms with Crippen molar-refractivity contribution in [2.24, 2.45) is 0 Å². The first-order valence-electron chi connectivity index (χ1n) is 6.32. The van der Waals surface area contributed by atoms with E-state index < -0.39 is 4.92 Å². The molecule has 0 spiro atoms. The number of nitrogens with one attached hydrogen (secondary N) is 1. The second kappa shape index (κ2) is 6.83. The number of nitro groups is 1. The van der Waals surface area contributed by atoms with Gasteiger partial charge in [-0.3, -0.25) is 10.1 Å². The van der Waals surface area contributed by atoms with Gasteiger partial charge in [-0.1, -0.05) is 11.6 Å². The predicted octanol–water partition coefficient (Wildman–Crippen LogP) is 2.25. The van der Waals surface area contributed by atoms with Crippen molar-refractivity contribution in [3.05, 3.63) is 27.4 Å². The third kappa shape index (κ3) is 4.03. The van der Waals surface area contributed by atoms with Crippen molar-refractivity contribution in [1.29, 1.82) is 0 Å². The van der Waals surface area contributed by atoms with Crippen LogP contribution in [0.4, 0.5) is 11.5 Å². The summed E-state index contributed by atoms with van der Waals surface area (Å²) < 4.78 is 10.9. The number of halogens is 1. The van der Waals surface area contributed by atoms with E-state index in [2.05, 4.69) is 10.3 Å². The van der Waals surface area contributed by atoms with Crippen LogP contribution in [0.5, 0.6) is 0 Å². The molecule has 0 bridgehead atoms. The van der Waals surface area contributed by atoms with E-state index in [1.54, 1.807) is 0 Å². The summed E-state index contributed by atoms with van der Waals surface area (Å²) in [6, 6.07) is 1.16. The Balaban J connectivity index is 1.92. The van der Waals surface area contributed by atoms with E-state index in [1.807, 2.05) is 6.92 Å². The Morgan fingerprint density at radius 2 is 2.55 bits per heavy atom. The Bertz CT molecular complexity index is 480. The second-order valence-electron chi connectivity index (χ2n) is 4.64. The number of aromatic nitrogens is 1. The molecule has 1 aromatic rings. The molecule has 20 heavy (non-hydrogen) atoms. The number of ether oxygens (including phenoxy) is 2. The van der Waals surface area contributed by atoms with Crippen molar-refractivity contribution in [3.8, 4) is 0 Å². The maximum absolute atomic E-state index is 10.9. The van der Waals surface area contributed by atoms with Crippen LogP contribution in [-0.4, -0.2) is 41.9 Å². The molecule has 1 N–H and O–H groups in total. The Hall–Kier alpha value is -1.44. The third-order valence-electron chi connectivity index (χ3n) is 2.88. The molecule has 1 aromatic heterocycles. The SMILES string of the molecule is C[C@@H](CO[C@@H]1CCOC1)Nc1ncc(Cl)cc1[N+](=O)[O-]. The summed E-state index contributed by atoms with van der Waals surface area (Å²) >= 11 is 5.71. The highest BCUT2D eigenvalue weighted by Gasteiger charge is 2.20. The maximum Gasteiger partial charge on any atom is 0.312 e. The number of anilines is 1. The van der Waals surface area contributed by atoms with Crippen LogP contribution in [0.25, 0.3) is 0 Å². The lowest BCUT2D eigenvalue weighted by Gasteiger charge is -2.17. The molecule has 0 aliphatic carbocycles. The zero-order valence-corrected chi connectivity index (χ0v) is 11.8. The fourth-order valence-corrected chi connectivity index (χ4v) is 2.03. The standard InChI is InChI=1S/C12H16ClN3O4/c1-8(6-20-10-2-3-19-7-10)15-12-11(16(17)18)4-9(13)5-14-12/h4-5,8,10H,2-3,6-7H2,1H3,(H,14,15)/t8-,10+/m0/s1. The summed E-state index contributed by atoms with van der Waals surface area (Å²) in [6.07, 6.45) is 2.36. The Kier molecular flexibility index (Phi) is 5.11. The van der Waals surface area contributed by atoms with Crippen molar-refractivity contribution in [2.45, 2.75) is 25.5 Å². The van der Waals surface area contributed by atoms with E-state index in [0.29, 0.717) is 13.2 Å². The predicted molar refractivity (Wildman–Crippen MR) is 74.2 cm³/mol.